The van der Waals surface area contributed by atoms with Crippen molar-refractivity contribution in [3.05, 3.63) is 24.0 Å². The van der Waals surface area contributed by atoms with Gasteiger partial charge in [0.1, 0.15) is 17.1 Å². The largest absolute Gasteiger partial charge is 0.507 e. The fraction of sp³-hybridized carbons (Fsp3) is 0.167. The third-order valence-electron chi connectivity index (χ3n) is 2.59. The maximum absolute atomic E-state index is 10.1. The normalized spacial score (nSPS) is 11.6. The number of fused-ring (bicyclic) bond motifs is 1. The number of hydrazone groups is 1. The number of hydrogen-bond acceptors (Lipinski definition) is 5. The van der Waals surface area contributed by atoms with Crippen LogP contribution < -0.4 is 15.9 Å². The molecule has 0 bridgehead atoms. The van der Waals surface area contributed by atoms with Crippen molar-refractivity contribution in [2.24, 2.45) is 10.8 Å². The van der Waals surface area contributed by atoms with Gasteiger partial charge in [-0.15, -0.1) is 0 Å². The van der Waals surface area contributed by atoms with Crippen LogP contribution in [0.1, 0.15) is 12.5 Å². The predicted molar refractivity (Wildman–Crippen MR) is 76.6 cm³/mol. The third-order valence-corrected chi connectivity index (χ3v) is 2.68. The molecule has 0 radical (unpaired) electrons. The average Bonchev–Trinajstić information content (AvgIpc) is 2.81. The van der Waals surface area contributed by atoms with Crippen molar-refractivity contribution in [2.45, 2.75) is 6.92 Å². The molecule has 19 heavy (non-hydrogen) atoms. The molecule has 0 aliphatic rings. The highest BCUT2D eigenvalue weighted by Gasteiger charge is 2.18. The van der Waals surface area contributed by atoms with Gasteiger partial charge in [-0.1, -0.05) is 0 Å². The van der Waals surface area contributed by atoms with Crippen LogP contribution in [0, 0.1) is 0 Å². The summed E-state index contributed by atoms with van der Waals surface area (Å²) in [6.07, 6.45) is 1.52. The zero-order valence-electron chi connectivity index (χ0n) is 10.4. The van der Waals surface area contributed by atoms with Gasteiger partial charge in [-0.2, -0.15) is 5.10 Å². The molecule has 0 atom stereocenters. The molecule has 100 valence electrons. The smallest absolute Gasteiger partial charge is 0.184 e. The quantitative estimate of drug-likeness (QED) is 0.450. The van der Waals surface area contributed by atoms with Gasteiger partial charge in [0.15, 0.2) is 5.11 Å². The Morgan fingerprint density at radius 1 is 1.58 bits per heavy atom. The molecule has 0 saturated heterocycles. The maximum atomic E-state index is 10.1. The molecule has 0 unspecified atom stereocenters. The van der Waals surface area contributed by atoms with E-state index >= 15 is 0 Å². The number of phenolic OH excluding ortho intramolecular Hbond substituents is 1. The van der Waals surface area contributed by atoms with Crippen molar-refractivity contribution in [1.82, 2.24) is 5.43 Å². The lowest BCUT2D eigenvalue weighted by atomic mass is 10.1. The number of hydrogen-bond donors (Lipinski definition) is 3. The molecule has 1 aromatic carbocycles. The second-order valence-corrected chi connectivity index (χ2v) is 4.25. The Balaban J connectivity index is 2.61. The number of aromatic hydroxyl groups is 1. The minimum absolute atomic E-state index is 0.00490. The molecule has 7 heteroatoms. The fourth-order valence-electron chi connectivity index (χ4n) is 1.82. The van der Waals surface area contributed by atoms with Crippen molar-refractivity contribution in [3.63, 3.8) is 0 Å². The standard InChI is InChI=1S/C12H13N3O3S/c1-6(14-15-12(13)19)10-8(16)5-9-7(3-4-18-9)11(10)17-2/h3-5,16H,1-2H3,(H3,13,15,19). The molecule has 2 rings (SSSR count). The zero-order valence-corrected chi connectivity index (χ0v) is 11.2. The summed E-state index contributed by atoms with van der Waals surface area (Å²) in [5.74, 6) is 0.486. The molecular formula is C12H13N3O3S. The predicted octanol–water partition coefficient (Wildman–Crippen LogP) is 1.70. The van der Waals surface area contributed by atoms with Gasteiger partial charge in [0.25, 0.3) is 0 Å². The molecule has 0 aliphatic carbocycles. The second-order valence-electron chi connectivity index (χ2n) is 3.81. The summed E-state index contributed by atoms with van der Waals surface area (Å²) in [6.45, 7) is 1.70. The van der Waals surface area contributed by atoms with Gasteiger partial charge in [0.2, 0.25) is 0 Å². The number of thiocarbonyl (C=S) groups is 1. The molecule has 1 heterocycles. The first-order valence-corrected chi connectivity index (χ1v) is 5.82. The molecule has 6 nitrogen and oxygen atoms in total. The highest BCUT2D eigenvalue weighted by atomic mass is 32.1. The number of nitrogens with one attached hydrogen (secondary N) is 1. The fourth-order valence-corrected chi connectivity index (χ4v) is 1.87. The van der Waals surface area contributed by atoms with E-state index in [9.17, 15) is 5.11 Å². The van der Waals surface area contributed by atoms with Crippen molar-refractivity contribution in [3.8, 4) is 11.5 Å². The van der Waals surface area contributed by atoms with Crippen LogP contribution in [-0.2, 0) is 0 Å². The Morgan fingerprint density at radius 2 is 2.32 bits per heavy atom. The number of rotatable bonds is 3. The summed E-state index contributed by atoms with van der Waals surface area (Å²) >= 11 is 4.67. The number of phenols is 1. The Bertz CT molecular complexity index is 664. The van der Waals surface area contributed by atoms with Crippen molar-refractivity contribution in [1.29, 1.82) is 0 Å². The lowest BCUT2D eigenvalue weighted by Crippen LogP contribution is -2.25. The summed E-state index contributed by atoms with van der Waals surface area (Å²) in [6, 6.07) is 3.26. The van der Waals surface area contributed by atoms with E-state index in [2.05, 4.69) is 22.7 Å². The summed E-state index contributed by atoms with van der Waals surface area (Å²) < 4.78 is 10.6. The first-order chi connectivity index (χ1) is 9.04. The van der Waals surface area contributed by atoms with Crippen LogP contribution in [0.15, 0.2) is 27.9 Å². The van der Waals surface area contributed by atoms with Crippen LogP contribution in [0.5, 0.6) is 11.5 Å². The maximum Gasteiger partial charge on any atom is 0.184 e. The Labute approximate surface area is 114 Å². The Morgan fingerprint density at radius 3 is 2.95 bits per heavy atom. The van der Waals surface area contributed by atoms with E-state index < -0.39 is 0 Å². The molecule has 0 saturated carbocycles. The van der Waals surface area contributed by atoms with E-state index in [1.54, 1.807) is 13.0 Å². The first-order valence-electron chi connectivity index (χ1n) is 5.42. The molecule has 2 aromatic rings. The molecule has 0 aliphatic heterocycles. The van der Waals surface area contributed by atoms with Crippen LogP contribution >= 0.6 is 12.2 Å². The molecular weight excluding hydrogens is 266 g/mol. The minimum Gasteiger partial charge on any atom is -0.507 e. The summed E-state index contributed by atoms with van der Waals surface area (Å²) in [5, 5.41) is 14.8. The molecule has 0 fully saturated rings. The number of nitrogens with two attached hydrogens (primary N) is 1. The average molecular weight is 279 g/mol. The monoisotopic (exact) mass is 279 g/mol. The molecule has 0 spiro atoms. The van der Waals surface area contributed by atoms with Crippen molar-refractivity contribution < 1.29 is 14.3 Å². The van der Waals surface area contributed by atoms with Crippen molar-refractivity contribution in [2.75, 3.05) is 7.11 Å². The number of ether oxygens (including phenoxy) is 1. The lowest BCUT2D eigenvalue weighted by molar-refractivity contribution is 0.411. The zero-order chi connectivity index (χ0) is 14.0. The molecule has 4 N–H and O–H groups in total. The summed E-state index contributed by atoms with van der Waals surface area (Å²) in [5.41, 5.74) is 9.26. The summed E-state index contributed by atoms with van der Waals surface area (Å²) in [4.78, 5) is 0. The third kappa shape index (κ3) is 2.45. The SMILES string of the molecule is COc1c(C(C)=NNC(N)=S)c(O)cc2occc12. The van der Waals surface area contributed by atoms with Gasteiger partial charge in [-0.3, -0.25) is 5.43 Å². The Hall–Kier alpha value is -2.28. The van der Waals surface area contributed by atoms with Crippen molar-refractivity contribution >= 4 is 34.0 Å². The number of nitrogens with zero attached hydrogens (tertiary/aromatic N) is 1. The van der Waals surface area contributed by atoms with E-state index in [0.29, 0.717) is 22.6 Å². The van der Waals surface area contributed by atoms with Crippen LogP contribution in [0.4, 0.5) is 0 Å². The Kier molecular flexibility index (Phi) is 3.57. The summed E-state index contributed by atoms with van der Waals surface area (Å²) in [7, 11) is 1.51. The van der Waals surface area contributed by atoms with Crippen LogP contribution in [0.3, 0.4) is 0 Å². The van der Waals surface area contributed by atoms with Gasteiger partial charge in [-0.25, -0.2) is 0 Å². The minimum atomic E-state index is 0.00490. The van der Waals surface area contributed by atoms with E-state index in [1.165, 1.54) is 19.4 Å². The molecule has 0 amide bonds. The van der Waals surface area contributed by atoms with Gasteiger partial charge in [-0.05, 0) is 25.2 Å². The van der Waals surface area contributed by atoms with E-state index in [4.69, 9.17) is 14.9 Å². The van der Waals surface area contributed by atoms with E-state index in [1.807, 2.05) is 0 Å². The highest BCUT2D eigenvalue weighted by molar-refractivity contribution is 7.80. The number of benzene rings is 1. The number of furan rings is 1. The number of methoxy groups -OCH3 is 1. The van der Waals surface area contributed by atoms with Crippen LogP contribution in [0.25, 0.3) is 11.0 Å². The van der Waals surface area contributed by atoms with E-state index in [0.717, 1.165) is 5.39 Å². The van der Waals surface area contributed by atoms with Gasteiger partial charge in [0.05, 0.1) is 30.0 Å². The topological polar surface area (TPSA) is 93.0 Å². The second kappa shape index (κ2) is 5.15. The van der Waals surface area contributed by atoms with E-state index in [-0.39, 0.29) is 10.9 Å². The first kappa shape index (κ1) is 13.2. The van der Waals surface area contributed by atoms with Gasteiger partial charge >= 0.3 is 0 Å². The van der Waals surface area contributed by atoms with Crippen LogP contribution in [0.2, 0.25) is 0 Å². The van der Waals surface area contributed by atoms with Crippen LogP contribution in [-0.4, -0.2) is 23.0 Å². The lowest BCUT2D eigenvalue weighted by Gasteiger charge is -2.11. The highest BCUT2D eigenvalue weighted by Crippen LogP contribution is 2.37. The van der Waals surface area contributed by atoms with Gasteiger partial charge in [0, 0.05) is 6.07 Å². The van der Waals surface area contributed by atoms with Gasteiger partial charge < -0.3 is 20.0 Å². The molecule has 1 aromatic heterocycles.